The van der Waals surface area contributed by atoms with Gasteiger partial charge in [0.25, 0.3) is 0 Å². The minimum Gasteiger partial charge on any atom is -0.381 e. The Balaban J connectivity index is 1.09. The summed E-state index contributed by atoms with van der Waals surface area (Å²) in [7, 11) is 0. The van der Waals surface area contributed by atoms with Crippen molar-refractivity contribution >= 4 is 33.1 Å². The van der Waals surface area contributed by atoms with Crippen LogP contribution in [0.4, 0.5) is 11.6 Å². The normalized spacial score (nSPS) is 32.0. The van der Waals surface area contributed by atoms with E-state index in [0.29, 0.717) is 6.04 Å². The Morgan fingerprint density at radius 1 is 1.09 bits per heavy atom. The Morgan fingerprint density at radius 3 is 2.69 bits per heavy atom. The molecule has 4 aliphatic rings. The van der Waals surface area contributed by atoms with E-state index in [4.69, 9.17) is 14.9 Å². The second-order valence-corrected chi connectivity index (χ2v) is 11.8. The zero-order valence-corrected chi connectivity index (χ0v) is 20.2. The van der Waals surface area contributed by atoms with Crippen molar-refractivity contribution in [3.63, 3.8) is 0 Å². The molecule has 0 spiro atoms. The van der Waals surface area contributed by atoms with Gasteiger partial charge in [-0.3, -0.25) is 0 Å². The molecule has 0 aromatic carbocycles. The van der Waals surface area contributed by atoms with Gasteiger partial charge in [0.05, 0.1) is 4.70 Å². The van der Waals surface area contributed by atoms with Crippen molar-refractivity contribution in [2.75, 3.05) is 56.2 Å². The molecule has 4 fully saturated rings. The molecule has 2 aromatic heterocycles. The second-order valence-electron chi connectivity index (χ2n) is 10.8. The molecule has 174 valence electrons. The lowest BCUT2D eigenvalue weighted by Crippen LogP contribution is -2.35. The Kier molecular flexibility index (Phi) is 5.99. The van der Waals surface area contributed by atoms with E-state index in [0.717, 1.165) is 61.6 Å². The van der Waals surface area contributed by atoms with E-state index in [-0.39, 0.29) is 0 Å². The van der Waals surface area contributed by atoms with Crippen molar-refractivity contribution in [3.8, 4) is 0 Å². The number of hydrogen-bond acceptors (Lipinski definition) is 7. The largest absolute Gasteiger partial charge is 0.381 e. The maximum Gasteiger partial charge on any atom is 0.169 e. The van der Waals surface area contributed by atoms with Gasteiger partial charge in [0.2, 0.25) is 0 Å². The lowest BCUT2D eigenvalue weighted by Gasteiger charge is -2.32. The average Bonchev–Trinajstić information content (AvgIpc) is 3.50. The molecule has 1 aliphatic carbocycles. The van der Waals surface area contributed by atoms with Crippen molar-refractivity contribution in [2.24, 2.45) is 23.7 Å². The summed E-state index contributed by atoms with van der Waals surface area (Å²) >= 11 is 1.81. The van der Waals surface area contributed by atoms with Gasteiger partial charge in [-0.05, 0) is 73.6 Å². The van der Waals surface area contributed by atoms with E-state index < -0.39 is 0 Å². The lowest BCUT2D eigenvalue weighted by molar-refractivity contribution is 0.0545. The highest BCUT2D eigenvalue weighted by molar-refractivity contribution is 7.17. The number of aromatic nitrogens is 2. The molecule has 4 atom stereocenters. The summed E-state index contributed by atoms with van der Waals surface area (Å²) in [5.74, 6) is 5.36. The van der Waals surface area contributed by atoms with Gasteiger partial charge in [0.1, 0.15) is 0 Å². The molecule has 2 aromatic rings. The Labute approximate surface area is 195 Å². The first-order valence-corrected chi connectivity index (χ1v) is 13.7. The standard InChI is InChI=1S/C25H37N5OS/c1-17-3-2-7-30(13-17)25-23-22(6-10-32-23)24(27-28-25)26-21-11-19-15-29(16-20(19)12-21)14-18-4-8-31-9-5-18/h6,10,17-21H,2-5,7-9,11-16H2,1H3,(H,26,27)/t17-,19+,20?,21-/m0/s1. The smallest absolute Gasteiger partial charge is 0.169 e. The molecule has 1 unspecified atom stereocenters. The number of ether oxygens (including phenoxy) is 1. The monoisotopic (exact) mass is 455 g/mol. The molecule has 0 bridgehead atoms. The van der Waals surface area contributed by atoms with Gasteiger partial charge in [-0.2, -0.15) is 0 Å². The molecular weight excluding hydrogens is 418 g/mol. The maximum atomic E-state index is 5.54. The molecule has 3 aliphatic heterocycles. The average molecular weight is 456 g/mol. The van der Waals surface area contributed by atoms with Crippen LogP contribution in [0.2, 0.25) is 0 Å². The van der Waals surface area contributed by atoms with Crippen molar-refractivity contribution in [1.29, 1.82) is 0 Å². The highest BCUT2D eigenvalue weighted by Gasteiger charge is 2.41. The minimum atomic E-state index is 0.536. The van der Waals surface area contributed by atoms with Crippen LogP contribution < -0.4 is 10.2 Å². The number of rotatable bonds is 5. The highest BCUT2D eigenvalue weighted by atomic mass is 32.1. The van der Waals surface area contributed by atoms with E-state index in [1.807, 2.05) is 11.3 Å². The van der Waals surface area contributed by atoms with Crippen molar-refractivity contribution < 1.29 is 4.74 Å². The van der Waals surface area contributed by atoms with E-state index >= 15 is 0 Å². The Morgan fingerprint density at radius 2 is 1.91 bits per heavy atom. The van der Waals surface area contributed by atoms with Gasteiger partial charge >= 0.3 is 0 Å². The third-order valence-corrected chi connectivity index (χ3v) is 9.26. The van der Waals surface area contributed by atoms with Crippen LogP contribution in [0.1, 0.15) is 45.4 Å². The van der Waals surface area contributed by atoms with Crippen molar-refractivity contribution in [1.82, 2.24) is 15.1 Å². The van der Waals surface area contributed by atoms with Crippen LogP contribution >= 0.6 is 11.3 Å². The van der Waals surface area contributed by atoms with E-state index in [1.165, 1.54) is 68.2 Å². The summed E-state index contributed by atoms with van der Waals surface area (Å²) in [5.41, 5.74) is 0. The predicted octanol–water partition coefficient (Wildman–Crippen LogP) is 4.48. The van der Waals surface area contributed by atoms with Crippen LogP contribution in [0.3, 0.4) is 0 Å². The fourth-order valence-corrected chi connectivity index (χ4v) is 7.62. The fraction of sp³-hybridized carbons (Fsp3) is 0.760. The summed E-state index contributed by atoms with van der Waals surface area (Å²) in [4.78, 5) is 5.20. The molecule has 0 radical (unpaired) electrons. The van der Waals surface area contributed by atoms with Crippen LogP contribution in [0.15, 0.2) is 11.4 Å². The highest BCUT2D eigenvalue weighted by Crippen LogP contribution is 2.41. The zero-order valence-electron chi connectivity index (χ0n) is 19.3. The van der Waals surface area contributed by atoms with E-state index in [1.54, 1.807) is 0 Å². The molecule has 6 nitrogen and oxygen atoms in total. The number of anilines is 2. The number of hydrogen-bond donors (Lipinski definition) is 1. The fourth-order valence-electron chi connectivity index (χ4n) is 6.71. The predicted molar refractivity (Wildman–Crippen MR) is 132 cm³/mol. The van der Waals surface area contributed by atoms with Crippen LogP contribution in [0.25, 0.3) is 10.1 Å². The number of nitrogens with one attached hydrogen (secondary N) is 1. The van der Waals surface area contributed by atoms with Crippen LogP contribution in [-0.4, -0.2) is 67.1 Å². The summed E-state index contributed by atoms with van der Waals surface area (Å²) in [6.07, 6.45) is 7.62. The molecule has 1 N–H and O–H groups in total. The van der Waals surface area contributed by atoms with Gasteiger partial charge in [0, 0.05) is 57.4 Å². The topological polar surface area (TPSA) is 53.5 Å². The number of fused-ring (bicyclic) bond motifs is 2. The Bertz CT molecular complexity index is 914. The summed E-state index contributed by atoms with van der Waals surface area (Å²) in [5, 5.41) is 16.7. The molecule has 3 saturated heterocycles. The number of piperidine rings is 1. The first-order chi connectivity index (χ1) is 15.7. The van der Waals surface area contributed by atoms with Crippen LogP contribution in [-0.2, 0) is 4.74 Å². The van der Waals surface area contributed by atoms with Crippen molar-refractivity contribution in [3.05, 3.63) is 11.4 Å². The van der Waals surface area contributed by atoms with Gasteiger partial charge < -0.3 is 19.9 Å². The number of nitrogens with zero attached hydrogens (tertiary/aromatic N) is 4. The Hall–Kier alpha value is -1.44. The second kappa shape index (κ2) is 9.07. The van der Waals surface area contributed by atoms with Gasteiger partial charge in [-0.1, -0.05) is 6.92 Å². The number of likely N-dealkylation sites (tertiary alicyclic amines) is 1. The maximum absolute atomic E-state index is 5.54. The van der Waals surface area contributed by atoms with Gasteiger partial charge in [0.15, 0.2) is 11.6 Å². The third-order valence-electron chi connectivity index (χ3n) is 8.35. The molecular formula is C25H37N5OS. The molecule has 7 heteroatoms. The van der Waals surface area contributed by atoms with E-state index in [9.17, 15) is 0 Å². The first kappa shape index (κ1) is 21.1. The SMILES string of the molecule is C[C@H]1CCCN(c2nnc(N[C@@H]3CC4CN(CC5CCOCC5)C[C@H]4C3)c3ccsc23)C1. The third kappa shape index (κ3) is 4.24. The van der Waals surface area contributed by atoms with Crippen LogP contribution in [0, 0.1) is 23.7 Å². The summed E-state index contributed by atoms with van der Waals surface area (Å²) < 4.78 is 6.84. The molecule has 1 saturated carbocycles. The van der Waals surface area contributed by atoms with E-state index in [2.05, 4.69) is 33.5 Å². The van der Waals surface area contributed by atoms with Crippen molar-refractivity contribution in [2.45, 2.75) is 51.5 Å². The molecule has 32 heavy (non-hydrogen) atoms. The summed E-state index contributed by atoms with van der Waals surface area (Å²) in [6, 6.07) is 2.77. The zero-order chi connectivity index (χ0) is 21.5. The first-order valence-electron chi connectivity index (χ1n) is 12.8. The van der Waals surface area contributed by atoms with Gasteiger partial charge in [-0.15, -0.1) is 21.5 Å². The molecule has 0 amide bonds. The van der Waals surface area contributed by atoms with Gasteiger partial charge in [-0.25, -0.2) is 0 Å². The minimum absolute atomic E-state index is 0.536. The summed E-state index contributed by atoms with van der Waals surface area (Å²) in [6.45, 7) is 10.3. The number of thiophene rings is 1. The van der Waals surface area contributed by atoms with Crippen LogP contribution in [0.5, 0.6) is 0 Å². The molecule has 6 rings (SSSR count). The lowest BCUT2D eigenvalue weighted by atomic mass is 10.00. The quantitative estimate of drug-likeness (QED) is 0.718. The molecule has 5 heterocycles.